The second kappa shape index (κ2) is 6.41. The molecular weight excluding hydrogens is 335 g/mol. The van der Waals surface area contributed by atoms with E-state index in [0.29, 0.717) is 10.6 Å². The molecule has 1 N–H and O–H groups in total. The lowest BCUT2D eigenvalue weighted by Gasteiger charge is -2.14. The number of hydrogen-bond acceptors (Lipinski definition) is 3. The summed E-state index contributed by atoms with van der Waals surface area (Å²) in [6.07, 6.45) is 0. The number of nitrogens with one attached hydrogen (secondary N) is 1. The fourth-order valence-electron chi connectivity index (χ4n) is 2.48. The van der Waals surface area contributed by atoms with E-state index < -0.39 is 23.5 Å². The summed E-state index contributed by atoms with van der Waals surface area (Å²) in [7, 11) is 0. The third kappa shape index (κ3) is 3.00. The summed E-state index contributed by atoms with van der Waals surface area (Å²) < 4.78 is 13.1. The van der Waals surface area contributed by atoms with E-state index in [1.807, 2.05) is 0 Å². The molecule has 0 spiro atoms. The van der Waals surface area contributed by atoms with Crippen molar-refractivity contribution in [2.24, 2.45) is 0 Å². The van der Waals surface area contributed by atoms with Gasteiger partial charge in [0.1, 0.15) is 5.82 Å². The van der Waals surface area contributed by atoms with Gasteiger partial charge in [0.05, 0.1) is 11.1 Å². The molecule has 3 rings (SSSR count). The van der Waals surface area contributed by atoms with Gasteiger partial charge in [0.15, 0.2) is 0 Å². The van der Waals surface area contributed by atoms with Crippen LogP contribution in [0.2, 0.25) is 5.02 Å². The molecule has 0 fully saturated rings. The first-order valence-corrected chi connectivity index (χ1v) is 7.54. The number of hydrogen-bond donors (Lipinski definition) is 1. The monoisotopic (exact) mass is 346 g/mol. The molecule has 0 saturated carbocycles. The minimum absolute atomic E-state index is 0.0189. The van der Waals surface area contributed by atoms with Crippen molar-refractivity contribution in [1.82, 2.24) is 10.2 Å². The first kappa shape index (κ1) is 16.1. The SMILES string of the molecule is O=C(NCCN1C(=O)c2ccc(Cl)cc2C1=O)c1cccc(F)c1. The van der Waals surface area contributed by atoms with Crippen LogP contribution in [0.4, 0.5) is 4.39 Å². The third-order valence-electron chi connectivity index (χ3n) is 3.64. The normalized spacial score (nSPS) is 13.2. The van der Waals surface area contributed by atoms with Crippen molar-refractivity contribution in [2.75, 3.05) is 13.1 Å². The fourth-order valence-corrected chi connectivity index (χ4v) is 2.65. The molecule has 2 aromatic carbocycles. The molecule has 7 heteroatoms. The Hall–Kier alpha value is -2.73. The predicted molar refractivity (Wildman–Crippen MR) is 85.6 cm³/mol. The van der Waals surface area contributed by atoms with Gasteiger partial charge in [0.25, 0.3) is 17.7 Å². The maximum absolute atomic E-state index is 13.1. The second-order valence-electron chi connectivity index (χ2n) is 5.22. The molecule has 1 aliphatic rings. The molecule has 0 saturated heterocycles. The number of carbonyl (C=O) groups is 3. The van der Waals surface area contributed by atoms with E-state index in [1.54, 1.807) is 6.07 Å². The predicted octanol–water partition coefficient (Wildman–Crippen LogP) is 2.51. The summed E-state index contributed by atoms with van der Waals surface area (Å²) in [5.74, 6) is -1.86. The average Bonchev–Trinajstić information content (AvgIpc) is 2.79. The van der Waals surface area contributed by atoms with Crippen LogP contribution in [0, 0.1) is 5.82 Å². The summed E-state index contributed by atoms with van der Waals surface area (Å²) in [5.41, 5.74) is 0.717. The van der Waals surface area contributed by atoms with Crippen LogP contribution in [-0.2, 0) is 0 Å². The molecule has 0 aliphatic carbocycles. The summed E-state index contributed by atoms with van der Waals surface area (Å²) in [6, 6.07) is 9.74. The Kier molecular flexibility index (Phi) is 4.31. The Labute approximate surface area is 142 Å². The van der Waals surface area contributed by atoms with Gasteiger partial charge in [-0.05, 0) is 36.4 Å². The summed E-state index contributed by atoms with van der Waals surface area (Å²) in [5, 5.41) is 2.93. The van der Waals surface area contributed by atoms with Gasteiger partial charge >= 0.3 is 0 Å². The molecule has 122 valence electrons. The van der Waals surface area contributed by atoms with E-state index in [2.05, 4.69) is 5.32 Å². The van der Waals surface area contributed by atoms with Gasteiger partial charge < -0.3 is 5.32 Å². The number of benzene rings is 2. The lowest BCUT2D eigenvalue weighted by atomic mass is 10.1. The van der Waals surface area contributed by atoms with Gasteiger partial charge in [0, 0.05) is 23.7 Å². The van der Waals surface area contributed by atoms with Crippen LogP contribution in [0.15, 0.2) is 42.5 Å². The Morgan fingerprint density at radius 1 is 1.08 bits per heavy atom. The van der Waals surface area contributed by atoms with E-state index >= 15 is 0 Å². The first-order valence-electron chi connectivity index (χ1n) is 7.17. The zero-order chi connectivity index (χ0) is 17.3. The fraction of sp³-hybridized carbons (Fsp3) is 0.118. The number of fused-ring (bicyclic) bond motifs is 1. The van der Waals surface area contributed by atoms with Gasteiger partial charge in [-0.25, -0.2) is 4.39 Å². The maximum atomic E-state index is 13.1. The molecule has 0 atom stereocenters. The van der Waals surface area contributed by atoms with E-state index in [9.17, 15) is 18.8 Å². The van der Waals surface area contributed by atoms with Gasteiger partial charge in [-0.2, -0.15) is 0 Å². The number of carbonyl (C=O) groups excluding carboxylic acids is 3. The Balaban J connectivity index is 1.63. The lowest BCUT2D eigenvalue weighted by Crippen LogP contribution is -2.38. The van der Waals surface area contributed by atoms with Crippen molar-refractivity contribution < 1.29 is 18.8 Å². The molecule has 5 nitrogen and oxygen atoms in total. The molecule has 3 amide bonds. The quantitative estimate of drug-likeness (QED) is 0.865. The van der Waals surface area contributed by atoms with Crippen LogP contribution in [0.25, 0.3) is 0 Å². The number of halogens is 2. The van der Waals surface area contributed by atoms with Crippen LogP contribution in [0.3, 0.4) is 0 Å². The first-order chi connectivity index (χ1) is 11.5. The molecule has 24 heavy (non-hydrogen) atoms. The summed E-state index contributed by atoms with van der Waals surface area (Å²) in [4.78, 5) is 37.4. The van der Waals surface area contributed by atoms with Crippen LogP contribution in [0.1, 0.15) is 31.1 Å². The molecular formula is C17H12ClFN2O3. The highest BCUT2D eigenvalue weighted by molar-refractivity contribution is 6.32. The maximum Gasteiger partial charge on any atom is 0.261 e. The molecule has 0 bridgehead atoms. The molecule has 0 aromatic heterocycles. The van der Waals surface area contributed by atoms with Crippen molar-refractivity contribution >= 4 is 29.3 Å². The van der Waals surface area contributed by atoms with Crippen LogP contribution >= 0.6 is 11.6 Å². The highest BCUT2D eigenvalue weighted by Gasteiger charge is 2.35. The number of nitrogens with zero attached hydrogens (tertiary/aromatic N) is 1. The van der Waals surface area contributed by atoms with Crippen LogP contribution in [0.5, 0.6) is 0 Å². The van der Waals surface area contributed by atoms with Crippen molar-refractivity contribution in [3.63, 3.8) is 0 Å². The minimum atomic E-state index is -0.514. The highest BCUT2D eigenvalue weighted by Crippen LogP contribution is 2.25. The van der Waals surface area contributed by atoms with Crippen molar-refractivity contribution in [3.05, 3.63) is 70.0 Å². The molecule has 2 aromatic rings. The van der Waals surface area contributed by atoms with E-state index in [0.717, 1.165) is 11.0 Å². The average molecular weight is 347 g/mol. The van der Waals surface area contributed by atoms with E-state index in [-0.39, 0.29) is 24.2 Å². The molecule has 1 heterocycles. The van der Waals surface area contributed by atoms with Crippen molar-refractivity contribution in [2.45, 2.75) is 0 Å². The van der Waals surface area contributed by atoms with Gasteiger partial charge in [-0.15, -0.1) is 0 Å². The smallest absolute Gasteiger partial charge is 0.261 e. The van der Waals surface area contributed by atoms with E-state index in [4.69, 9.17) is 11.6 Å². The third-order valence-corrected chi connectivity index (χ3v) is 3.88. The van der Waals surface area contributed by atoms with E-state index in [1.165, 1.54) is 30.3 Å². The topological polar surface area (TPSA) is 66.5 Å². The molecule has 0 radical (unpaired) electrons. The zero-order valence-corrected chi connectivity index (χ0v) is 13.1. The summed E-state index contributed by atoms with van der Waals surface area (Å²) in [6.45, 7) is 0.0829. The zero-order valence-electron chi connectivity index (χ0n) is 12.4. The van der Waals surface area contributed by atoms with Crippen LogP contribution < -0.4 is 5.32 Å². The van der Waals surface area contributed by atoms with Gasteiger partial charge in [0.2, 0.25) is 0 Å². The van der Waals surface area contributed by atoms with Gasteiger partial charge in [-0.3, -0.25) is 19.3 Å². The van der Waals surface area contributed by atoms with Crippen molar-refractivity contribution in [1.29, 1.82) is 0 Å². The second-order valence-corrected chi connectivity index (χ2v) is 5.65. The Morgan fingerprint density at radius 3 is 2.58 bits per heavy atom. The largest absolute Gasteiger partial charge is 0.350 e. The lowest BCUT2D eigenvalue weighted by molar-refractivity contribution is 0.0650. The number of amides is 3. The van der Waals surface area contributed by atoms with Crippen molar-refractivity contribution in [3.8, 4) is 0 Å². The molecule has 1 aliphatic heterocycles. The minimum Gasteiger partial charge on any atom is -0.350 e. The Morgan fingerprint density at radius 2 is 1.83 bits per heavy atom. The summed E-state index contributed by atoms with van der Waals surface area (Å²) >= 11 is 5.84. The standard InChI is InChI=1S/C17H12ClFN2O3/c18-11-4-5-13-14(9-11)17(24)21(16(13)23)7-6-20-15(22)10-2-1-3-12(19)8-10/h1-5,8-9H,6-7H2,(H,20,22). The number of imide groups is 1. The number of rotatable bonds is 4. The molecule has 0 unspecified atom stereocenters. The Bertz CT molecular complexity index is 853. The highest BCUT2D eigenvalue weighted by atomic mass is 35.5. The van der Waals surface area contributed by atoms with Crippen LogP contribution in [-0.4, -0.2) is 35.7 Å². The van der Waals surface area contributed by atoms with Gasteiger partial charge in [-0.1, -0.05) is 17.7 Å².